The summed E-state index contributed by atoms with van der Waals surface area (Å²) in [6.07, 6.45) is 3.02. The number of hydrogen-bond acceptors (Lipinski definition) is 2. The summed E-state index contributed by atoms with van der Waals surface area (Å²) < 4.78 is 0. The smallest absolute Gasteiger partial charge is 0.319 e. The second-order valence-corrected chi connectivity index (χ2v) is 2.59. The molecule has 0 aliphatic rings. The van der Waals surface area contributed by atoms with Crippen LogP contribution in [-0.2, 0) is 4.79 Å². The number of amides is 1. The van der Waals surface area contributed by atoms with Crippen LogP contribution in [0.15, 0.2) is 0 Å². The number of rotatable bonds is 4. The molecule has 3 nitrogen and oxygen atoms in total. The summed E-state index contributed by atoms with van der Waals surface area (Å²) in [5, 5.41) is 11.4. The largest absolute Gasteiger partial charge is 0.495 e. The number of aliphatic hydroxyl groups is 1. The lowest BCUT2D eigenvalue weighted by Gasteiger charge is -1.97. The molecule has 0 spiro atoms. The standard InChI is InChI=1S/C7H12NO2S/c1-2-3-4-5-8-6(9)7(10)11/h2-5H2,1H3,(H,10,11). The quantitative estimate of drug-likeness (QED) is 0.514. The lowest BCUT2D eigenvalue weighted by molar-refractivity contribution is -0.115. The first-order valence-corrected chi connectivity index (χ1v) is 4.04. The molecule has 0 heterocycles. The van der Waals surface area contributed by atoms with E-state index in [9.17, 15) is 4.79 Å². The molecular weight excluding hydrogens is 162 g/mol. The summed E-state index contributed by atoms with van der Waals surface area (Å²) in [6, 6.07) is 0. The van der Waals surface area contributed by atoms with Crippen LogP contribution >= 0.6 is 12.2 Å². The van der Waals surface area contributed by atoms with Gasteiger partial charge in [-0.2, -0.15) is 0 Å². The molecule has 0 saturated carbocycles. The predicted molar refractivity (Wildman–Crippen MR) is 46.8 cm³/mol. The Balaban J connectivity index is 3.25. The summed E-state index contributed by atoms with van der Waals surface area (Å²) in [5.74, 6) is -0.670. The minimum absolute atomic E-state index is 0.466. The van der Waals surface area contributed by atoms with E-state index in [1.165, 1.54) is 0 Å². The minimum Gasteiger partial charge on any atom is -0.495 e. The van der Waals surface area contributed by atoms with E-state index < -0.39 is 11.0 Å². The van der Waals surface area contributed by atoms with Crippen LogP contribution in [0.3, 0.4) is 0 Å². The van der Waals surface area contributed by atoms with Crippen LogP contribution in [0.5, 0.6) is 0 Å². The van der Waals surface area contributed by atoms with Crippen LogP contribution in [0.25, 0.3) is 0 Å². The monoisotopic (exact) mass is 174 g/mol. The van der Waals surface area contributed by atoms with Crippen molar-refractivity contribution in [2.24, 2.45) is 0 Å². The Bertz CT molecular complexity index is 147. The van der Waals surface area contributed by atoms with Gasteiger partial charge in [0.2, 0.25) is 5.05 Å². The number of carbonyl (C=O) groups excluding carboxylic acids is 1. The topological polar surface area (TPSA) is 51.4 Å². The van der Waals surface area contributed by atoms with E-state index in [0.29, 0.717) is 6.54 Å². The Labute approximate surface area is 71.8 Å². The summed E-state index contributed by atoms with van der Waals surface area (Å²) in [6.45, 7) is 2.53. The lowest BCUT2D eigenvalue weighted by Crippen LogP contribution is -2.23. The van der Waals surface area contributed by atoms with Gasteiger partial charge in [0.1, 0.15) is 0 Å². The molecule has 0 aliphatic carbocycles. The van der Waals surface area contributed by atoms with Gasteiger partial charge in [-0.25, -0.2) is 5.32 Å². The van der Waals surface area contributed by atoms with E-state index in [-0.39, 0.29) is 0 Å². The maximum atomic E-state index is 10.5. The van der Waals surface area contributed by atoms with E-state index in [1.807, 2.05) is 0 Å². The third kappa shape index (κ3) is 5.79. The van der Waals surface area contributed by atoms with Gasteiger partial charge in [0.05, 0.1) is 0 Å². The molecule has 0 bridgehead atoms. The van der Waals surface area contributed by atoms with Crippen molar-refractivity contribution in [3.05, 3.63) is 0 Å². The van der Waals surface area contributed by atoms with Crippen LogP contribution < -0.4 is 5.32 Å². The zero-order valence-electron chi connectivity index (χ0n) is 6.54. The lowest BCUT2D eigenvalue weighted by atomic mass is 10.2. The number of nitrogens with zero attached hydrogens (tertiary/aromatic N) is 1. The van der Waals surface area contributed by atoms with Gasteiger partial charge in [-0.05, 0) is 18.6 Å². The minimum atomic E-state index is -0.670. The highest BCUT2D eigenvalue weighted by atomic mass is 32.1. The van der Waals surface area contributed by atoms with Crippen LogP contribution in [-0.4, -0.2) is 22.6 Å². The van der Waals surface area contributed by atoms with Gasteiger partial charge >= 0.3 is 5.91 Å². The fourth-order valence-corrected chi connectivity index (χ4v) is 0.675. The van der Waals surface area contributed by atoms with Gasteiger partial charge < -0.3 is 5.11 Å². The summed E-state index contributed by atoms with van der Waals surface area (Å²) in [7, 11) is 0. The third-order valence-electron chi connectivity index (χ3n) is 1.20. The van der Waals surface area contributed by atoms with E-state index in [0.717, 1.165) is 19.3 Å². The molecule has 0 unspecified atom stereocenters. The van der Waals surface area contributed by atoms with E-state index >= 15 is 0 Å². The summed E-state index contributed by atoms with van der Waals surface area (Å²) >= 11 is 4.21. The Morgan fingerprint density at radius 3 is 2.64 bits per heavy atom. The van der Waals surface area contributed by atoms with Gasteiger partial charge in [-0.15, -0.1) is 0 Å². The van der Waals surface area contributed by atoms with Crippen molar-refractivity contribution in [3.63, 3.8) is 0 Å². The average molecular weight is 174 g/mol. The number of carbonyl (C=O) groups is 1. The third-order valence-corrected chi connectivity index (χ3v) is 1.37. The highest BCUT2D eigenvalue weighted by molar-refractivity contribution is 7.81. The molecule has 0 aromatic rings. The Kier molecular flexibility index (Phi) is 5.74. The van der Waals surface area contributed by atoms with E-state index in [1.54, 1.807) is 0 Å². The molecule has 11 heavy (non-hydrogen) atoms. The number of aliphatic hydroxyl groups excluding tert-OH is 1. The van der Waals surface area contributed by atoms with Gasteiger partial charge in [0, 0.05) is 6.54 Å². The Hall–Kier alpha value is -0.640. The van der Waals surface area contributed by atoms with Gasteiger partial charge in [-0.3, -0.25) is 4.79 Å². The van der Waals surface area contributed by atoms with Crippen LogP contribution in [0.1, 0.15) is 26.2 Å². The second-order valence-electron chi connectivity index (χ2n) is 2.20. The van der Waals surface area contributed by atoms with Crippen LogP contribution in [0.4, 0.5) is 0 Å². The zero-order chi connectivity index (χ0) is 8.69. The van der Waals surface area contributed by atoms with Crippen molar-refractivity contribution in [3.8, 4) is 0 Å². The van der Waals surface area contributed by atoms with Crippen molar-refractivity contribution in [1.82, 2.24) is 5.32 Å². The first kappa shape index (κ1) is 10.4. The molecule has 4 heteroatoms. The van der Waals surface area contributed by atoms with Gasteiger partial charge in [0.25, 0.3) is 0 Å². The molecule has 0 aliphatic heterocycles. The molecule has 0 saturated heterocycles. The Morgan fingerprint density at radius 1 is 1.55 bits per heavy atom. The zero-order valence-corrected chi connectivity index (χ0v) is 7.36. The first-order valence-electron chi connectivity index (χ1n) is 3.63. The average Bonchev–Trinajstić information content (AvgIpc) is 1.97. The number of thiocarbonyl (C=S) groups is 1. The summed E-state index contributed by atoms with van der Waals surface area (Å²) in [5.41, 5.74) is 0. The molecule has 0 fully saturated rings. The molecule has 1 amide bonds. The van der Waals surface area contributed by atoms with Gasteiger partial charge in [-0.1, -0.05) is 19.8 Å². The molecule has 0 aromatic carbocycles. The van der Waals surface area contributed by atoms with Crippen LogP contribution in [0, 0.1) is 0 Å². The molecule has 1 N–H and O–H groups in total. The SMILES string of the molecule is CCCCC[N]C(=O)C(O)=S. The number of unbranched alkanes of at least 4 members (excludes halogenated alkanes) is 2. The molecule has 0 aromatic heterocycles. The normalized spacial score (nSPS) is 9.18. The summed E-state index contributed by atoms with van der Waals surface area (Å²) in [4.78, 5) is 10.5. The van der Waals surface area contributed by atoms with E-state index in [2.05, 4.69) is 24.5 Å². The molecule has 0 rings (SSSR count). The molecule has 1 radical (unpaired) electrons. The highest BCUT2D eigenvalue weighted by Crippen LogP contribution is 1.91. The predicted octanol–water partition coefficient (Wildman–Crippen LogP) is 1.19. The fraction of sp³-hybridized carbons (Fsp3) is 0.714. The van der Waals surface area contributed by atoms with Crippen molar-refractivity contribution in [1.29, 1.82) is 0 Å². The second kappa shape index (κ2) is 6.09. The molecule has 63 valence electrons. The Morgan fingerprint density at radius 2 is 2.18 bits per heavy atom. The fourth-order valence-electron chi connectivity index (χ4n) is 0.610. The van der Waals surface area contributed by atoms with Crippen molar-refractivity contribution in [2.45, 2.75) is 26.2 Å². The van der Waals surface area contributed by atoms with Crippen molar-refractivity contribution < 1.29 is 9.90 Å². The van der Waals surface area contributed by atoms with Crippen molar-refractivity contribution >= 4 is 23.2 Å². The van der Waals surface area contributed by atoms with Crippen molar-refractivity contribution in [2.75, 3.05) is 6.54 Å². The molecular formula is C7H12NO2S. The molecule has 0 atom stereocenters. The first-order chi connectivity index (χ1) is 5.18. The van der Waals surface area contributed by atoms with E-state index in [4.69, 9.17) is 5.11 Å². The highest BCUT2D eigenvalue weighted by Gasteiger charge is 2.05. The van der Waals surface area contributed by atoms with Crippen LogP contribution in [0.2, 0.25) is 0 Å². The maximum Gasteiger partial charge on any atom is 0.319 e. The maximum absolute atomic E-state index is 10.5. The number of hydrogen-bond donors (Lipinski definition) is 1. The van der Waals surface area contributed by atoms with Gasteiger partial charge in [0.15, 0.2) is 0 Å².